The van der Waals surface area contributed by atoms with Crippen molar-refractivity contribution >= 4 is 23.1 Å². The molecule has 0 aliphatic rings. The van der Waals surface area contributed by atoms with Crippen LogP contribution < -0.4 is 11.0 Å². The van der Waals surface area contributed by atoms with E-state index in [1.54, 1.807) is 23.1 Å². The Morgan fingerprint density at radius 1 is 1.17 bits per heavy atom. The van der Waals surface area contributed by atoms with Crippen molar-refractivity contribution in [2.45, 2.75) is 33.9 Å². The first-order valence-corrected chi connectivity index (χ1v) is 9.56. The normalized spacial score (nSPS) is 11.6. The van der Waals surface area contributed by atoms with E-state index in [1.165, 1.54) is 0 Å². The van der Waals surface area contributed by atoms with Crippen molar-refractivity contribution in [2.75, 3.05) is 5.43 Å². The molecule has 3 heterocycles. The number of fused-ring (bicyclic) bond motifs is 1. The van der Waals surface area contributed by atoms with Gasteiger partial charge in [-0.05, 0) is 51.1 Å². The lowest BCUT2D eigenvalue weighted by Crippen LogP contribution is -2.23. The van der Waals surface area contributed by atoms with Crippen LogP contribution >= 0.6 is 0 Å². The van der Waals surface area contributed by atoms with Gasteiger partial charge >= 0.3 is 0 Å². The third-order valence-electron chi connectivity index (χ3n) is 5.05. The van der Waals surface area contributed by atoms with E-state index in [0.29, 0.717) is 29.9 Å². The van der Waals surface area contributed by atoms with Crippen LogP contribution in [0.3, 0.4) is 0 Å². The molecule has 29 heavy (non-hydrogen) atoms. The molecular formula is C22H23N5O2. The molecule has 7 nitrogen and oxygen atoms in total. The van der Waals surface area contributed by atoms with Gasteiger partial charge in [0.25, 0.3) is 5.56 Å². The molecule has 0 fully saturated rings. The summed E-state index contributed by atoms with van der Waals surface area (Å²) in [4.78, 5) is 17.2. The molecule has 1 N–H and O–H groups in total. The zero-order valence-electron chi connectivity index (χ0n) is 16.7. The fourth-order valence-electron chi connectivity index (χ4n) is 3.47. The second kappa shape index (κ2) is 7.79. The SMILES string of the molecule is CCn1c(N/N=C\c2cc(C)n(Cc3ccco3)c2C)nc2ccccc2c1=O. The summed E-state index contributed by atoms with van der Waals surface area (Å²) in [5.41, 5.74) is 6.71. The standard InChI is InChI=1S/C22H23N5O2/c1-4-26-21(28)19-9-5-6-10-20(19)24-22(26)25-23-13-17-12-15(2)27(16(17)3)14-18-8-7-11-29-18/h5-13H,4,14H2,1-3H3,(H,24,25)/b23-13-. The van der Waals surface area contributed by atoms with Gasteiger partial charge in [-0.3, -0.25) is 9.36 Å². The molecule has 0 atom stereocenters. The molecule has 3 aromatic heterocycles. The average Bonchev–Trinajstić information content (AvgIpc) is 3.32. The molecule has 4 aromatic rings. The van der Waals surface area contributed by atoms with E-state index in [2.05, 4.69) is 33.1 Å². The van der Waals surface area contributed by atoms with Crippen molar-refractivity contribution in [3.8, 4) is 0 Å². The molecule has 0 amide bonds. The highest BCUT2D eigenvalue weighted by Crippen LogP contribution is 2.16. The van der Waals surface area contributed by atoms with Gasteiger partial charge in [0.2, 0.25) is 5.95 Å². The predicted octanol–water partition coefficient (Wildman–Crippen LogP) is 3.92. The van der Waals surface area contributed by atoms with Crippen LogP contribution in [-0.2, 0) is 13.1 Å². The number of furan rings is 1. The van der Waals surface area contributed by atoms with E-state index in [1.807, 2.05) is 44.2 Å². The summed E-state index contributed by atoms with van der Waals surface area (Å²) in [5, 5.41) is 4.95. The molecule has 0 saturated heterocycles. The Bertz CT molecular complexity index is 1230. The van der Waals surface area contributed by atoms with Crippen LogP contribution in [0.5, 0.6) is 0 Å². The summed E-state index contributed by atoms with van der Waals surface area (Å²) in [6.07, 6.45) is 3.43. The summed E-state index contributed by atoms with van der Waals surface area (Å²) in [5.74, 6) is 1.33. The summed E-state index contributed by atoms with van der Waals surface area (Å²) in [6.45, 7) is 7.20. The van der Waals surface area contributed by atoms with Crippen molar-refractivity contribution in [1.82, 2.24) is 14.1 Å². The number of nitrogens with zero attached hydrogens (tertiary/aromatic N) is 4. The quantitative estimate of drug-likeness (QED) is 0.400. The van der Waals surface area contributed by atoms with Gasteiger partial charge in [0.15, 0.2) is 0 Å². The molecule has 7 heteroatoms. The molecular weight excluding hydrogens is 366 g/mol. The molecule has 0 spiro atoms. The van der Waals surface area contributed by atoms with E-state index in [-0.39, 0.29) is 5.56 Å². The Morgan fingerprint density at radius 2 is 2.00 bits per heavy atom. The van der Waals surface area contributed by atoms with E-state index in [0.717, 1.165) is 22.7 Å². The molecule has 0 bridgehead atoms. The van der Waals surface area contributed by atoms with Crippen molar-refractivity contribution in [1.29, 1.82) is 0 Å². The molecule has 0 unspecified atom stereocenters. The van der Waals surface area contributed by atoms with Crippen molar-refractivity contribution in [3.05, 3.63) is 81.8 Å². The average molecular weight is 389 g/mol. The minimum Gasteiger partial charge on any atom is -0.467 e. The third-order valence-corrected chi connectivity index (χ3v) is 5.05. The number of benzene rings is 1. The maximum atomic E-state index is 12.7. The second-order valence-electron chi connectivity index (χ2n) is 6.86. The van der Waals surface area contributed by atoms with Gasteiger partial charge in [-0.15, -0.1) is 0 Å². The Balaban J connectivity index is 1.60. The molecule has 0 aliphatic carbocycles. The predicted molar refractivity (Wildman–Crippen MR) is 115 cm³/mol. The highest BCUT2D eigenvalue weighted by Gasteiger charge is 2.11. The van der Waals surface area contributed by atoms with E-state index in [9.17, 15) is 4.79 Å². The van der Waals surface area contributed by atoms with Crippen LogP contribution in [0.4, 0.5) is 5.95 Å². The molecule has 148 valence electrons. The first-order chi connectivity index (χ1) is 14.1. The van der Waals surface area contributed by atoms with Crippen LogP contribution in [0.1, 0.15) is 29.6 Å². The number of aryl methyl sites for hydroxylation is 1. The van der Waals surface area contributed by atoms with Gasteiger partial charge in [-0.2, -0.15) is 5.10 Å². The number of para-hydroxylation sites is 1. The topological polar surface area (TPSA) is 77.3 Å². The number of rotatable bonds is 6. The zero-order chi connectivity index (χ0) is 20.4. The van der Waals surface area contributed by atoms with Gasteiger partial charge in [0, 0.05) is 23.5 Å². The number of anilines is 1. The zero-order valence-corrected chi connectivity index (χ0v) is 16.7. The summed E-state index contributed by atoms with van der Waals surface area (Å²) >= 11 is 0. The molecule has 0 radical (unpaired) electrons. The Hall–Kier alpha value is -3.61. The maximum absolute atomic E-state index is 12.7. The first-order valence-electron chi connectivity index (χ1n) is 9.56. The Morgan fingerprint density at radius 3 is 2.76 bits per heavy atom. The summed E-state index contributed by atoms with van der Waals surface area (Å²) in [6, 6.07) is 13.3. The fraction of sp³-hybridized carbons (Fsp3) is 0.227. The van der Waals surface area contributed by atoms with Crippen molar-refractivity contribution in [2.24, 2.45) is 5.10 Å². The second-order valence-corrected chi connectivity index (χ2v) is 6.86. The summed E-state index contributed by atoms with van der Waals surface area (Å²) < 4.78 is 9.22. The largest absolute Gasteiger partial charge is 0.467 e. The molecule has 0 saturated carbocycles. The lowest BCUT2D eigenvalue weighted by molar-refractivity contribution is 0.489. The van der Waals surface area contributed by atoms with Crippen LogP contribution in [-0.4, -0.2) is 20.3 Å². The van der Waals surface area contributed by atoms with Gasteiger partial charge in [-0.1, -0.05) is 12.1 Å². The maximum Gasteiger partial charge on any atom is 0.262 e. The van der Waals surface area contributed by atoms with Crippen LogP contribution in [0.2, 0.25) is 0 Å². The number of hydrogen-bond acceptors (Lipinski definition) is 5. The van der Waals surface area contributed by atoms with Gasteiger partial charge in [0.1, 0.15) is 5.76 Å². The minimum atomic E-state index is -0.0765. The first kappa shape index (κ1) is 18.7. The monoisotopic (exact) mass is 389 g/mol. The number of hydrazone groups is 1. The third kappa shape index (κ3) is 3.59. The highest BCUT2D eigenvalue weighted by atomic mass is 16.3. The fourth-order valence-corrected chi connectivity index (χ4v) is 3.47. The lowest BCUT2D eigenvalue weighted by atomic mass is 10.2. The van der Waals surface area contributed by atoms with Gasteiger partial charge in [-0.25, -0.2) is 10.4 Å². The Labute approximate surface area is 168 Å². The van der Waals surface area contributed by atoms with Crippen molar-refractivity contribution in [3.63, 3.8) is 0 Å². The molecule has 1 aromatic carbocycles. The minimum absolute atomic E-state index is 0.0765. The lowest BCUT2D eigenvalue weighted by Gasteiger charge is -2.10. The van der Waals surface area contributed by atoms with Crippen molar-refractivity contribution < 1.29 is 4.42 Å². The van der Waals surface area contributed by atoms with Gasteiger partial charge in [0.05, 0.1) is 29.9 Å². The number of hydrogen-bond donors (Lipinski definition) is 1. The highest BCUT2D eigenvalue weighted by molar-refractivity contribution is 5.82. The van der Waals surface area contributed by atoms with Crippen LogP contribution in [0.15, 0.2) is 63.0 Å². The van der Waals surface area contributed by atoms with Gasteiger partial charge < -0.3 is 8.98 Å². The Kier molecular flexibility index (Phi) is 5.03. The smallest absolute Gasteiger partial charge is 0.262 e. The number of nitrogens with one attached hydrogen (secondary N) is 1. The van der Waals surface area contributed by atoms with Crippen LogP contribution in [0, 0.1) is 13.8 Å². The molecule has 4 rings (SSSR count). The number of aromatic nitrogens is 3. The van der Waals surface area contributed by atoms with E-state index in [4.69, 9.17) is 4.42 Å². The molecule has 0 aliphatic heterocycles. The van der Waals surface area contributed by atoms with E-state index < -0.39 is 0 Å². The summed E-state index contributed by atoms with van der Waals surface area (Å²) in [7, 11) is 0. The van der Waals surface area contributed by atoms with E-state index >= 15 is 0 Å². The van der Waals surface area contributed by atoms with Crippen LogP contribution in [0.25, 0.3) is 10.9 Å².